The van der Waals surface area contributed by atoms with Crippen molar-refractivity contribution >= 4 is 29.7 Å². The fourth-order valence-corrected chi connectivity index (χ4v) is 3.76. The summed E-state index contributed by atoms with van der Waals surface area (Å²) in [6.45, 7) is 0.270. The van der Waals surface area contributed by atoms with Crippen LogP contribution in [-0.4, -0.2) is 82.5 Å². The summed E-state index contributed by atoms with van der Waals surface area (Å²) >= 11 is 0. The number of rotatable bonds is 12. The molecule has 35 heavy (non-hydrogen) atoms. The topological polar surface area (TPSA) is 226 Å². The van der Waals surface area contributed by atoms with Crippen molar-refractivity contribution in [1.29, 1.82) is 0 Å². The fourth-order valence-electron chi connectivity index (χ4n) is 3.76. The van der Waals surface area contributed by atoms with Crippen LogP contribution in [0.1, 0.15) is 31.2 Å². The summed E-state index contributed by atoms with van der Waals surface area (Å²) in [5.74, 6) is -2.80. The van der Waals surface area contributed by atoms with E-state index in [1.54, 1.807) is 12.1 Å². The highest BCUT2D eigenvalue weighted by Gasteiger charge is 2.36. The Labute approximate surface area is 202 Å². The highest BCUT2D eigenvalue weighted by molar-refractivity contribution is 5.93. The van der Waals surface area contributed by atoms with Crippen molar-refractivity contribution in [3.8, 4) is 5.75 Å². The number of likely N-dealkylation sites (tertiary alicyclic amines) is 1. The van der Waals surface area contributed by atoms with Gasteiger partial charge in [-0.25, -0.2) is 4.79 Å². The average molecular weight is 492 g/mol. The second-order valence-electron chi connectivity index (χ2n) is 8.29. The number of nitrogens with two attached hydrogens (primary N) is 3. The zero-order valence-electron chi connectivity index (χ0n) is 19.4. The summed E-state index contributed by atoms with van der Waals surface area (Å²) < 4.78 is 0. The highest BCUT2D eigenvalue weighted by Crippen LogP contribution is 2.19. The number of guanidine groups is 1. The van der Waals surface area contributed by atoms with E-state index in [0.29, 0.717) is 44.3 Å². The zero-order valence-corrected chi connectivity index (χ0v) is 19.4. The van der Waals surface area contributed by atoms with Crippen LogP contribution >= 0.6 is 0 Å². The van der Waals surface area contributed by atoms with Crippen molar-refractivity contribution in [3.05, 3.63) is 29.8 Å². The third-order valence-corrected chi connectivity index (χ3v) is 5.56. The van der Waals surface area contributed by atoms with E-state index in [2.05, 4.69) is 15.6 Å². The lowest BCUT2D eigenvalue weighted by molar-refractivity contribution is -0.142. The SMILES string of the molecule is NC(N)=NCCCC(N)C(=O)N1CCCC1C(=O)NCC(=O)NC(Cc1ccc(O)cc1)C(=O)O. The molecule has 0 aromatic heterocycles. The number of benzene rings is 1. The Bertz CT molecular complexity index is 933. The normalized spacial score (nSPS) is 16.7. The van der Waals surface area contributed by atoms with Crippen LogP contribution in [0.25, 0.3) is 0 Å². The molecule has 3 amide bonds. The minimum Gasteiger partial charge on any atom is -0.508 e. The number of nitrogens with one attached hydrogen (secondary N) is 2. The van der Waals surface area contributed by atoms with Crippen LogP contribution in [-0.2, 0) is 25.6 Å². The maximum atomic E-state index is 12.7. The summed E-state index contributed by atoms with van der Waals surface area (Å²) in [5, 5.41) is 23.6. The van der Waals surface area contributed by atoms with E-state index in [9.17, 15) is 29.4 Å². The maximum Gasteiger partial charge on any atom is 0.326 e. The Kier molecular flexibility index (Phi) is 10.3. The molecule has 1 fully saturated rings. The average Bonchev–Trinajstić information content (AvgIpc) is 3.30. The van der Waals surface area contributed by atoms with Crippen LogP contribution in [0.15, 0.2) is 29.3 Å². The molecule has 1 aromatic carbocycles. The molecule has 13 heteroatoms. The summed E-state index contributed by atoms with van der Waals surface area (Å²) in [6, 6.07) is 3.16. The predicted molar refractivity (Wildman–Crippen MR) is 127 cm³/mol. The van der Waals surface area contributed by atoms with Gasteiger partial charge in [-0.15, -0.1) is 0 Å². The number of hydrogen-bond donors (Lipinski definition) is 7. The smallest absolute Gasteiger partial charge is 0.326 e. The number of carboxylic acid groups (broad SMARTS) is 1. The summed E-state index contributed by atoms with van der Waals surface area (Å²) in [6.07, 6.45) is 1.90. The third kappa shape index (κ3) is 8.77. The Morgan fingerprint density at radius 3 is 2.49 bits per heavy atom. The number of aliphatic carboxylic acids is 1. The summed E-state index contributed by atoms with van der Waals surface area (Å²) in [4.78, 5) is 54.4. The molecular formula is C22H33N7O6. The van der Waals surface area contributed by atoms with Crippen molar-refractivity contribution in [2.45, 2.75) is 50.2 Å². The first-order valence-electron chi connectivity index (χ1n) is 11.3. The van der Waals surface area contributed by atoms with Crippen LogP contribution < -0.4 is 27.8 Å². The molecule has 0 radical (unpaired) electrons. The van der Waals surface area contributed by atoms with Gasteiger partial charge in [-0.1, -0.05) is 12.1 Å². The highest BCUT2D eigenvalue weighted by atomic mass is 16.4. The van der Waals surface area contributed by atoms with Gasteiger partial charge in [-0.05, 0) is 43.4 Å². The summed E-state index contributed by atoms with van der Waals surface area (Å²) in [7, 11) is 0. The van der Waals surface area contributed by atoms with Gasteiger partial charge in [0.05, 0.1) is 12.6 Å². The van der Waals surface area contributed by atoms with Gasteiger partial charge in [0.2, 0.25) is 17.7 Å². The largest absolute Gasteiger partial charge is 0.508 e. The fraction of sp³-hybridized carbons (Fsp3) is 0.500. The molecule has 1 aromatic rings. The van der Waals surface area contributed by atoms with E-state index < -0.39 is 42.5 Å². The number of aromatic hydroxyl groups is 1. The third-order valence-electron chi connectivity index (χ3n) is 5.56. The Hall–Kier alpha value is -3.87. The van der Waals surface area contributed by atoms with Gasteiger partial charge in [0.15, 0.2) is 5.96 Å². The first kappa shape index (κ1) is 27.4. The molecule has 192 valence electrons. The number of aliphatic imine (C=N–C) groups is 1. The molecular weight excluding hydrogens is 458 g/mol. The minimum absolute atomic E-state index is 0.00127. The van der Waals surface area contributed by atoms with Crippen molar-refractivity contribution in [3.63, 3.8) is 0 Å². The van der Waals surface area contributed by atoms with E-state index in [1.165, 1.54) is 17.0 Å². The van der Waals surface area contributed by atoms with Gasteiger partial charge in [-0.3, -0.25) is 19.4 Å². The number of nitrogens with zero attached hydrogens (tertiary/aromatic N) is 2. The van der Waals surface area contributed by atoms with Gasteiger partial charge < -0.3 is 42.9 Å². The number of phenols is 1. The lowest BCUT2D eigenvalue weighted by Crippen LogP contribution is -2.53. The Morgan fingerprint density at radius 1 is 1.17 bits per heavy atom. The van der Waals surface area contributed by atoms with E-state index in [4.69, 9.17) is 17.2 Å². The van der Waals surface area contributed by atoms with Gasteiger partial charge in [0, 0.05) is 19.5 Å². The number of hydrogen-bond acceptors (Lipinski definition) is 7. The maximum absolute atomic E-state index is 12.7. The number of carbonyl (C=O) groups is 4. The van der Waals surface area contributed by atoms with Crippen molar-refractivity contribution in [2.75, 3.05) is 19.6 Å². The van der Waals surface area contributed by atoms with Crippen molar-refractivity contribution in [1.82, 2.24) is 15.5 Å². The van der Waals surface area contributed by atoms with Crippen molar-refractivity contribution in [2.24, 2.45) is 22.2 Å². The van der Waals surface area contributed by atoms with E-state index in [-0.39, 0.29) is 24.0 Å². The molecule has 1 saturated heterocycles. The molecule has 3 unspecified atom stereocenters. The molecule has 1 heterocycles. The molecule has 3 atom stereocenters. The van der Waals surface area contributed by atoms with Crippen molar-refractivity contribution < 1.29 is 29.4 Å². The number of carbonyl (C=O) groups excluding carboxylic acids is 3. The lowest BCUT2D eigenvalue weighted by Gasteiger charge is -2.26. The monoisotopic (exact) mass is 491 g/mol. The molecule has 0 aliphatic carbocycles. The first-order valence-corrected chi connectivity index (χ1v) is 11.3. The molecule has 1 aliphatic rings. The number of phenolic OH excluding ortho intramolecular Hbond substituents is 1. The molecule has 1 aliphatic heterocycles. The predicted octanol–water partition coefficient (Wildman–Crippen LogP) is -2.01. The van der Waals surface area contributed by atoms with Gasteiger partial charge in [-0.2, -0.15) is 0 Å². The number of carboxylic acids is 1. The lowest BCUT2D eigenvalue weighted by atomic mass is 10.1. The second kappa shape index (κ2) is 13.1. The van der Waals surface area contributed by atoms with E-state index in [1.807, 2.05) is 0 Å². The molecule has 2 rings (SSSR count). The molecule has 13 nitrogen and oxygen atoms in total. The summed E-state index contributed by atoms with van der Waals surface area (Å²) in [5.41, 5.74) is 17.1. The Balaban J connectivity index is 1.85. The van der Waals surface area contributed by atoms with Gasteiger partial charge >= 0.3 is 5.97 Å². The first-order chi connectivity index (χ1) is 16.6. The second-order valence-corrected chi connectivity index (χ2v) is 8.29. The number of amides is 3. The van der Waals surface area contributed by atoms with Crippen LogP contribution in [0.2, 0.25) is 0 Å². The van der Waals surface area contributed by atoms with Crippen LogP contribution in [0.5, 0.6) is 5.75 Å². The molecule has 0 saturated carbocycles. The minimum atomic E-state index is -1.24. The van der Waals surface area contributed by atoms with Gasteiger partial charge in [0.25, 0.3) is 0 Å². The zero-order chi connectivity index (χ0) is 26.0. The quantitative estimate of drug-likeness (QED) is 0.0972. The van der Waals surface area contributed by atoms with Crippen LogP contribution in [0, 0.1) is 0 Å². The van der Waals surface area contributed by atoms with Crippen LogP contribution in [0.3, 0.4) is 0 Å². The van der Waals surface area contributed by atoms with E-state index in [0.717, 1.165) is 0 Å². The molecule has 0 spiro atoms. The Morgan fingerprint density at radius 2 is 1.86 bits per heavy atom. The standard InChI is InChI=1S/C22H33N7O6/c23-15(3-1-9-26-22(24)25)20(33)29-10-2-4-17(29)19(32)27-12-18(31)28-16(21(34)35)11-13-5-7-14(30)8-6-13/h5-8,15-17,30H,1-4,9-12,23H2,(H,27,32)(H,28,31)(H,34,35)(H4,24,25,26). The van der Waals surface area contributed by atoms with E-state index >= 15 is 0 Å². The van der Waals surface area contributed by atoms with Crippen LogP contribution in [0.4, 0.5) is 0 Å². The molecule has 0 bridgehead atoms. The van der Waals surface area contributed by atoms with Gasteiger partial charge in [0.1, 0.15) is 17.8 Å². The molecule has 10 N–H and O–H groups in total.